The van der Waals surface area contributed by atoms with Crippen LogP contribution >= 0.6 is 35.0 Å². The van der Waals surface area contributed by atoms with Crippen LogP contribution in [-0.2, 0) is 0 Å². The largest absolute Gasteiger partial charge is 0.389 e. The number of hydrogen-bond acceptors (Lipinski definition) is 3. The predicted octanol–water partition coefficient (Wildman–Crippen LogP) is 3.58. The highest BCUT2D eigenvalue weighted by Crippen LogP contribution is 2.28. The van der Waals surface area contributed by atoms with Crippen LogP contribution in [0.25, 0.3) is 0 Å². The van der Waals surface area contributed by atoms with Gasteiger partial charge in [0.25, 0.3) is 0 Å². The molecule has 0 saturated carbocycles. The molecule has 1 rings (SSSR count). The van der Waals surface area contributed by atoms with Crippen LogP contribution in [0.4, 0.5) is 0 Å². The zero-order chi connectivity index (χ0) is 12.9. The average molecular weight is 294 g/mol. The van der Waals surface area contributed by atoms with Gasteiger partial charge in [-0.15, -0.1) is 11.8 Å². The van der Waals surface area contributed by atoms with Crippen molar-refractivity contribution in [3.63, 3.8) is 0 Å². The summed E-state index contributed by atoms with van der Waals surface area (Å²) in [6, 6.07) is 5.60. The molecule has 0 spiro atoms. The van der Waals surface area contributed by atoms with Crippen molar-refractivity contribution in [1.82, 2.24) is 0 Å². The molecule has 1 unspecified atom stereocenters. The smallest absolute Gasteiger partial charge is 0.0741 e. The maximum absolute atomic E-state index is 9.73. The van der Waals surface area contributed by atoms with Gasteiger partial charge in [-0.25, -0.2) is 0 Å². The summed E-state index contributed by atoms with van der Waals surface area (Å²) in [5, 5.41) is 10.9. The highest BCUT2D eigenvalue weighted by Gasteiger charge is 2.16. The van der Waals surface area contributed by atoms with Crippen LogP contribution in [0.3, 0.4) is 0 Å². The Morgan fingerprint density at radius 1 is 1.35 bits per heavy atom. The number of thioether (sulfide) groups is 1. The van der Waals surface area contributed by atoms with Crippen molar-refractivity contribution < 1.29 is 5.11 Å². The summed E-state index contributed by atoms with van der Waals surface area (Å²) in [5.74, 6) is 0.925. The van der Waals surface area contributed by atoms with Crippen molar-refractivity contribution in [2.45, 2.75) is 30.3 Å². The SMILES string of the molecule is CC(O)(CN)CCCSc1ccc(Cl)c(Cl)c1. The van der Waals surface area contributed by atoms with Crippen molar-refractivity contribution in [3.05, 3.63) is 28.2 Å². The van der Waals surface area contributed by atoms with Gasteiger partial charge in [-0.2, -0.15) is 0 Å². The maximum atomic E-state index is 9.73. The Morgan fingerprint density at radius 3 is 2.65 bits per heavy atom. The molecule has 5 heteroatoms. The third kappa shape index (κ3) is 5.49. The normalized spacial score (nSPS) is 14.6. The minimum Gasteiger partial charge on any atom is -0.389 e. The lowest BCUT2D eigenvalue weighted by molar-refractivity contribution is 0.0596. The topological polar surface area (TPSA) is 46.2 Å². The van der Waals surface area contributed by atoms with Crippen molar-refractivity contribution in [1.29, 1.82) is 0 Å². The van der Waals surface area contributed by atoms with E-state index in [-0.39, 0.29) is 0 Å². The molecule has 0 radical (unpaired) electrons. The first kappa shape index (κ1) is 15.1. The summed E-state index contributed by atoms with van der Waals surface area (Å²) in [6.07, 6.45) is 1.62. The summed E-state index contributed by atoms with van der Waals surface area (Å²) < 4.78 is 0. The van der Waals surface area contributed by atoms with E-state index in [0.29, 0.717) is 23.0 Å². The van der Waals surface area contributed by atoms with Crippen LogP contribution in [0.1, 0.15) is 19.8 Å². The van der Waals surface area contributed by atoms with E-state index in [1.165, 1.54) is 0 Å². The Labute approximate surface area is 116 Å². The van der Waals surface area contributed by atoms with Crippen molar-refractivity contribution in [3.8, 4) is 0 Å². The molecule has 1 aromatic rings. The first-order valence-electron chi connectivity index (χ1n) is 5.45. The Balaban J connectivity index is 2.34. The summed E-state index contributed by atoms with van der Waals surface area (Å²) >= 11 is 13.5. The Hall–Kier alpha value is 0.0700. The molecule has 17 heavy (non-hydrogen) atoms. The van der Waals surface area contributed by atoms with Crippen LogP contribution in [0.5, 0.6) is 0 Å². The molecule has 3 N–H and O–H groups in total. The van der Waals surface area contributed by atoms with Gasteiger partial charge in [0, 0.05) is 11.4 Å². The van der Waals surface area contributed by atoms with Gasteiger partial charge in [0.1, 0.15) is 0 Å². The number of halogens is 2. The molecule has 0 amide bonds. The third-order valence-corrected chi connectivity index (χ3v) is 4.28. The van der Waals surface area contributed by atoms with Crippen molar-refractivity contribution in [2.75, 3.05) is 12.3 Å². The second-order valence-electron chi connectivity index (χ2n) is 4.23. The van der Waals surface area contributed by atoms with Gasteiger partial charge in [0.15, 0.2) is 0 Å². The fourth-order valence-corrected chi connectivity index (χ4v) is 2.56. The lowest BCUT2D eigenvalue weighted by atomic mass is 10.0. The van der Waals surface area contributed by atoms with Crippen LogP contribution in [0, 0.1) is 0 Å². The number of benzene rings is 1. The Morgan fingerprint density at radius 2 is 2.06 bits per heavy atom. The van der Waals surface area contributed by atoms with E-state index in [4.69, 9.17) is 28.9 Å². The molecule has 0 heterocycles. The van der Waals surface area contributed by atoms with Crippen LogP contribution in [0.15, 0.2) is 23.1 Å². The molecule has 0 saturated heterocycles. The van der Waals surface area contributed by atoms with Crippen molar-refractivity contribution in [2.24, 2.45) is 5.73 Å². The number of hydrogen-bond donors (Lipinski definition) is 2. The summed E-state index contributed by atoms with van der Waals surface area (Å²) in [6.45, 7) is 2.06. The van der Waals surface area contributed by atoms with E-state index in [2.05, 4.69) is 0 Å². The molecule has 0 fully saturated rings. The second kappa shape index (κ2) is 6.86. The highest BCUT2D eigenvalue weighted by molar-refractivity contribution is 7.99. The molecule has 2 nitrogen and oxygen atoms in total. The average Bonchev–Trinajstić information content (AvgIpc) is 2.29. The van der Waals surface area contributed by atoms with Gasteiger partial charge in [-0.1, -0.05) is 23.2 Å². The molecule has 0 aliphatic rings. The summed E-state index contributed by atoms with van der Waals surface area (Å²) in [4.78, 5) is 1.09. The standard InChI is InChI=1S/C12H17Cl2NOS/c1-12(16,8-15)5-2-6-17-9-3-4-10(13)11(14)7-9/h3-4,7,16H,2,5-6,8,15H2,1H3. The van der Waals surface area contributed by atoms with Gasteiger partial charge < -0.3 is 10.8 Å². The molecular formula is C12H17Cl2NOS. The molecule has 0 aromatic heterocycles. The number of nitrogens with two attached hydrogens (primary N) is 1. The van der Waals surface area contributed by atoms with Crippen molar-refractivity contribution >= 4 is 35.0 Å². The number of aliphatic hydroxyl groups is 1. The Bertz CT molecular complexity index is 372. The van der Waals surface area contributed by atoms with Crippen LogP contribution in [0.2, 0.25) is 10.0 Å². The summed E-state index contributed by atoms with van der Waals surface area (Å²) in [7, 11) is 0. The van der Waals surface area contributed by atoms with E-state index in [1.54, 1.807) is 24.8 Å². The molecular weight excluding hydrogens is 277 g/mol. The minimum absolute atomic E-state index is 0.296. The first-order valence-corrected chi connectivity index (χ1v) is 7.19. The van der Waals surface area contributed by atoms with E-state index in [1.807, 2.05) is 12.1 Å². The van der Waals surface area contributed by atoms with Crippen LogP contribution < -0.4 is 5.73 Å². The lowest BCUT2D eigenvalue weighted by Crippen LogP contribution is -2.34. The highest BCUT2D eigenvalue weighted by atomic mass is 35.5. The molecule has 0 aliphatic carbocycles. The van der Waals surface area contributed by atoms with E-state index < -0.39 is 5.60 Å². The summed E-state index contributed by atoms with van der Waals surface area (Å²) in [5.41, 5.74) is 4.70. The minimum atomic E-state index is -0.752. The van der Waals surface area contributed by atoms with E-state index in [0.717, 1.165) is 17.1 Å². The van der Waals surface area contributed by atoms with E-state index >= 15 is 0 Å². The van der Waals surface area contributed by atoms with Gasteiger partial charge >= 0.3 is 0 Å². The second-order valence-corrected chi connectivity index (χ2v) is 6.21. The fourth-order valence-electron chi connectivity index (χ4n) is 1.31. The number of rotatable bonds is 6. The van der Waals surface area contributed by atoms with E-state index in [9.17, 15) is 5.11 Å². The van der Waals surface area contributed by atoms with Gasteiger partial charge in [0.2, 0.25) is 0 Å². The van der Waals surface area contributed by atoms with Gasteiger partial charge in [-0.05, 0) is 43.7 Å². The van der Waals surface area contributed by atoms with Crippen LogP contribution in [-0.4, -0.2) is 23.0 Å². The first-order chi connectivity index (χ1) is 7.94. The molecule has 0 bridgehead atoms. The zero-order valence-corrected chi connectivity index (χ0v) is 12.1. The Kier molecular flexibility index (Phi) is 6.10. The fraction of sp³-hybridized carbons (Fsp3) is 0.500. The monoisotopic (exact) mass is 293 g/mol. The molecule has 96 valence electrons. The molecule has 0 aliphatic heterocycles. The van der Waals surface area contributed by atoms with Gasteiger partial charge in [-0.3, -0.25) is 0 Å². The maximum Gasteiger partial charge on any atom is 0.0741 e. The lowest BCUT2D eigenvalue weighted by Gasteiger charge is -2.20. The third-order valence-electron chi connectivity index (χ3n) is 2.46. The quantitative estimate of drug-likeness (QED) is 0.623. The molecule has 1 atom stereocenters. The van der Waals surface area contributed by atoms with Gasteiger partial charge in [0.05, 0.1) is 15.6 Å². The molecule has 1 aromatic carbocycles. The zero-order valence-electron chi connectivity index (χ0n) is 9.75. The predicted molar refractivity (Wildman–Crippen MR) is 76.1 cm³/mol.